The predicted octanol–water partition coefficient (Wildman–Crippen LogP) is 1.13. The quantitative estimate of drug-likeness (QED) is 0.821. The van der Waals surface area contributed by atoms with E-state index in [0.29, 0.717) is 30.4 Å². The summed E-state index contributed by atoms with van der Waals surface area (Å²) in [5, 5.41) is 7.85. The second kappa shape index (κ2) is 5.07. The fourth-order valence-corrected chi connectivity index (χ4v) is 2.52. The molecule has 2 aromatic heterocycles. The Bertz CT molecular complexity index is 610. The Labute approximate surface area is 116 Å². The van der Waals surface area contributed by atoms with Gasteiger partial charge in [0.15, 0.2) is 5.82 Å². The molecule has 3 rings (SSSR count). The van der Waals surface area contributed by atoms with Gasteiger partial charge in [0.1, 0.15) is 0 Å². The van der Waals surface area contributed by atoms with Gasteiger partial charge >= 0.3 is 0 Å². The minimum absolute atomic E-state index is 0.0401. The van der Waals surface area contributed by atoms with E-state index in [1.807, 2.05) is 11.8 Å². The van der Waals surface area contributed by atoms with Crippen LogP contribution in [0.15, 0.2) is 16.9 Å². The summed E-state index contributed by atoms with van der Waals surface area (Å²) in [6.07, 6.45) is 5.06. The molecule has 2 aromatic rings. The molecule has 0 unspecified atom stereocenters. The Morgan fingerprint density at radius 2 is 2.15 bits per heavy atom. The first kappa shape index (κ1) is 12.8. The number of nitrogens with zero attached hydrogens (tertiary/aromatic N) is 5. The van der Waals surface area contributed by atoms with Crippen molar-refractivity contribution in [1.29, 1.82) is 0 Å². The standard InChI is InChI=1S/C13H17N5O2/c1-9-15-12(20-16-9)10-3-5-18(6-4-10)13(19)11-7-14-17(2)8-11/h7-8,10H,3-6H2,1-2H3. The molecule has 106 valence electrons. The number of carbonyl (C=O) groups excluding carboxylic acids is 1. The highest BCUT2D eigenvalue weighted by molar-refractivity contribution is 5.93. The maximum absolute atomic E-state index is 12.3. The lowest BCUT2D eigenvalue weighted by atomic mass is 9.96. The van der Waals surface area contributed by atoms with E-state index >= 15 is 0 Å². The fourth-order valence-electron chi connectivity index (χ4n) is 2.52. The summed E-state index contributed by atoms with van der Waals surface area (Å²) in [6, 6.07) is 0. The van der Waals surface area contributed by atoms with Crippen LogP contribution in [0.4, 0.5) is 0 Å². The zero-order valence-electron chi connectivity index (χ0n) is 11.6. The van der Waals surface area contributed by atoms with Crippen molar-refractivity contribution in [1.82, 2.24) is 24.8 Å². The highest BCUT2D eigenvalue weighted by Crippen LogP contribution is 2.27. The lowest BCUT2D eigenvalue weighted by molar-refractivity contribution is 0.0704. The average Bonchev–Trinajstić information content (AvgIpc) is 3.07. The van der Waals surface area contributed by atoms with Crippen molar-refractivity contribution in [2.75, 3.05) is 13.1 Å². The molecule has 1 aliphatic heterocycles. The van der Waals surface area contributed by atoms with Crippen LogP contribution >= 0.6 is 0 Å². The number of hydrogen-bond donors (Lipinski definition) is 0. The zero-order valence-corrected chi connectivity index (χ0v) is 11.6. The predicted molar refractivity (Wildman–Crippen MR) is 70.1 cm³/mol. The van der Waals surface area contributed by atoms with Crippen molar-refractivity contribution < 1.29 is 9.32 Å². The first-order chi connectivity index (χ1) is 9.63. The molecular formula is C13H17N5O2. The number of likely N-dealkylation sites (tertiary alicyclic amines) is 1. The second-order valence-corrected chi connectivity index (χ2v) is 5.15. The number of rotatable bonds is 2. The monoisotopic (exact) mass is 275 g/mol. The molecular weight excluding hydrogens is 258 g/mol. The molecule has 0 N–H and O–H groups in total. The zero-order chi connectivity index (χ0) is 14.1. The first-order valence-corrected chi connectivity index (χ1v) is 6.71. The highest BCUT2D eigenvalue weighted by atomic mass is 16.5. The van der Waals surface area contributed by atoms with Gasteiger partial charge in [0.2, 0.25) is 5.89 Å². The number of carbonyl (C=O) groups is 1. The Hall–Kier alpha value is -2.18. The smallest absolute Gasteiger partial charge is 0.257 e. The lowest BCUT2D eigenvalue weighted by Crippen LogP contribution is -2.37. The molecule has 1 amide bonds. The van der Waals surface area contributed by atoms with Gasteiger partial charge in [-0.15, -0.1) is 0 Å². The molecule has 3 heterocycles. The number of aromatic nitrogens is 4. The normalized spacial score (nSPS) is 16.6. The van der Waals surface area contributed by atoms with E-state index in [1.165, 1.54) is 0 Å². The van der Waals surface area contributed by atoms with Crippen LogP contribution in [0, 0.1) is 6.92 Å². The van der Waals surface area contributed by atoms with Crippen LogP contribution in [-0.2, 0) is 7.05 Å². The van der Waals surface area contributed by atoms with E-state index in [9.17, 15) is 4.79 Å². The van der Waals surface area contributed by atoms with E-state index in [2.05, 4.69) is 15.2 Å². The molecule has 0 bridgehead atoms. The van der Waals surface area contributed by atoms with Crippen LogP contribution < -0.4 is 0 Å². The maximum atomic E-state index is 12.3. The van der Waals surface area contributed by atoms with Crippen molar-refractivity contribution in [3.63, 3.8) is 0 Å². The van der Waals surface area contributed by atoms with Gasteiger partial charge in [-0.25, -0.2) is 0 Å². The molecule has 0 atom stereocenters. The topological polar surface area (TPSA) is 77.0 Å². The van der Waals surface area contributed by atoms with Gasteiger partial charge < -0.3 is 9.42 Å². The molecule has 20 heavy (non-hydrogen) atoms. The maximum Gasteiger partial charge on any atom is 0.257 e. The van der Waals surface area contributed by atoms with Gasteiger partial charge in [0.25, 0.3) is 5.91 Å². The van der Waals surface area contributed by atoms with Gasteiger partial charge in [-0.1, -0.05) is 5.16 Å². The number of piperidine rings is 1. The van der Waals surface area contributed by atoms with E-state index in [0.717, 1.165) is 12.8 Å². The van der Waals surface area contributed by atoms with Crippen LogP contribution in [0.5, 0.6) is 0 Å². The van der Waals surface area contributed by atoms with Crippen molar-refractivity contribution in [2.24, 2.45) is 7.05 Å². The third-order valence-electron chi connectivity index (χ3n) is 3.63. The minimum Gasteiger partial charge on any atom is -0.339 e. The Kier molecular flexibility index (Phi) is 3.25. The van der Waals surface area contributed by atoms with Gasteiger partial charge in [-0.05, 0) is 19.8 Å². The molecule has 1 saturated heterocycles. The van der Waals surface area contributed by atoms with Gasteiger partial charge in [0, 0.05) is 32.3 Å². The second-order valence-electron chi connectivity index (χ2n) is 5.15. The van der Waals surface area contributed by atoms with Gasteiger partial charge in [0.05, 0.1) is 11.8 Å². The van der Waals surface area contributed by atoms with Gasteiger partial charge in [-0.2, -0.15) is 10.1 Å². The van der Waals surface area contributed by atoms with Crippen LogP contribution in [-0.4, -0.2) is 43.8 Å². The van der Waals surface area contributed by atoms with Crippen molar-refractivity contribution >= 4 is 5.91 Å². The Balaban J connectivity index is 1.62. The first-order valence-electron chi connectivity index (χ1n) is 6.71. The van der Waals surface area contributed by atoms with Crippen LogP contribution in [0.1, 0.15) is 40.8 Å². The summed E-state index contributed by atoms with van der Waals surface area (Å²) in [7, 11) is 1.81. The SMILES string of the molecule is Cc1noc(C2CCN(C(=O)c3cnn(C)c3)CC2)n1. The summed E-state index contributed by atoms with van der Waals surface area (Å²) in [5.74, 6) is 1.65. The number of amides is 1. The molecule has 1 aliphatic rings. The summed E-state index contributed by atoms with van der Waals surface area (Å²) in [5.41, 5.74) is 0.639. The van der Waals surface area contributed by atoms with Crippen molar-refractivity contribution in [2.45, 2.75) is 25.7 Å². The van der Waals surface area contributed by atoms with Crippen molar-refractivity contribution in [3.05, 3.63) is 29.7 Å². The summed E-state index contributed by atoms with van der Waals surface area (Å²) < 4.78 is 6.85. The molecule has 7 heteroatoms. The third kappa shape index (κ3) is 2.43. The van der Waals surface area contributed by atoms with E-state index < -0.39 is 0 Å². The molecule has 0 spiro atoms. The Morgan fingerprint density at radius 1 is 1.40 bits per heavy atom. The van der Waals surface area contributed by atoms with Crippen LogP contribution in [0.25, 0.3) is 0 Å². The molecule has 1 fully saturated rings. The molecule has 0 aromatic carbocycles. The summed E-state index contributed by atoms with van der Waals surface area (Å²) in [4.78, 5) is 18.4. The van der Waals surface area contributed by atoms with E-state index in [4.69, 9.17) is 4.52 Å². The van der Waals surface area contributed by atoms with E-state index in [1.54, 1.807) is 24.1 Å². The van der Waals surface area contributed by atoms with Gasteiger partial charge in [-0.3, -0.25) is 9.48 Å². The summed E-state index contributed by atoms with van der Waals surface area (Å²) >= 11 is 0. The molecule has 0 radical (unpaired) electrons. The number of aryl methyl sites for hydroxylation is 2. The van der Waals surface area contributed by atoms with Crippen LogP contribution in [0.3, 0.4) is 0 Å². The van der Waals surface area contributed by atoms with E-state index in [-0.39, 0.29) is 11.8 Å². The van der Waals surface area contributed by atoms with Crippen molar-refractivity contribution in [3.8, 4) is 0 Å². The highest BCUT2D eigenvalue weighted by Gasteiger charge is 2.28. The fraction of sp³-hybridized carbons (Fsp3) is 0.538. The molecule has 0 saturated carbocycles. The summed E-state index contributed by atoms with van der Waals surface area (Å²) in [6.45, 7) is 3.23. The lowest BCUT2D eigenvalue weighted by Gasteiger charge is -2.30. The number of hydrogen-bond acceptors (Lipinski definition) is 5. The third-order valence-corrected chi connectivity index (χ3v) is 3.63. The molecule has 7 nitrogen and oxygen atoms in total. The minimum atomic E-state index is 0.0401. The Morgan fingerprint density at radius 3 is 2.70 bits per heavy atom. The van der Waals surface area contributed by atoms with Crippen LogP contribution in [0.2, 0.25) is 0 Å². The average molecular weight is 275 g/mol. The largest absolute Gasteiger partial charge is 0.339 e. The molecule has 0 aliphatic carbocycles.